The topological polar surface area (TPSA) is 80.3 Å². The van der Waals surface area contributed by atoms with Crippen molar-refractivity contribution in [2.24, 2.45) is 11.3 Å². The van der Waals surface area contributed by atoms with Crippen molar-refractivity contribution in [2.45, 2.75) is 25.7 Å². The molecule has 3 aliphatic carbocycles. The summed E-state index contributed by atoms with van der Waals surface area (Å²) in [6.45, 7) is 0. The van der Waals surface area contributed by atoms with Crippen molar-refractivity contribution in [3.8, 4) is 0 Å². The maximum Gasteiger partial charge on any atom is 1.00 e. The van der Waals surface area contributed by atoms with Crippen LogP contribution in [0, 0.1) is 11.3 Å². The second-order valence-electron chi connectivity index (χ2n) is 4.07. The molecule has 3 aliphatic rings. The van der Waals surface area contributed by atoms with Gasteiger partial charge in [-0.2, -0.15) is 0 Å². The van der Waals surface area contributed by atoms with E-state index < -0.39 is 17.4 Å². The fraction of sp³-hybridized carbons (Fsp3) is 0.600. The molecule has 4 nitrogen and oxygen atoms in total. The van der Waals surface area contributed by atoms with Gasteiger partial charge in [-0.05, 0) is 37.2 Å². The van der Waals surface area contributed by atoms with Crippen molar-refractivity contribution >= 4 is 11.9 Å². The van der Waals surface area contributed by atoms with Crippen LogP contribution >= 0.6 is 0 Å². The Kier molecular flexibility index (Phi) is 6.28. The van der Waals surface area contributed by atoms with Crippen LogP contribution in [0.4, 0.5) is 0 Å². The zero-order valence-corrected chi connectivity index (χ0v) is 13.6. The van der Waals surface area contributed by atoms with Gasteiger partial charge in [0.2, 0.25) is 0 Å². The van der Waals surface area contributed by atoms with Gasteiger partial charge in [0.05, 0.1) is 11.9 Å². The van der Waals surface area contributed by atoms with Crippen molar-refractivity contribution in [1.29, 1.82) is 0 Å². The zero-order chi connectivity index (χ0) is 10.3. The van der Waals surface area contributed by atoms with E-state index in [1.807, 2.05) is 0 Å². The molecule has 16 heavy (non-hydrogen) atoms. The van der Waals surface area contributed by atoms with Gasteiger partial charge in [-0.1, -0.05) is 6.08 Å². The molecule has 0 unspecified atom stereocenters. The number of hydrogen-bond acceptors (Lipinski definition) is 4. The molecule has 0 aromatic carbocycles. The van der Waals surface area contributed by atoms with E-state index in [0.717, 1.165) is 12.8 Å². The molecule has 6 heteroatoms. The van der Waals surface area contributed by atoms with E-state index >= 15 is 0 Å². The zero-order valence-electron chi connectivity index (χ0n) is 9.62. The van der Waals surface area contributed by atoms with Crippen LogP contribution in [-0.4, -0.2) is 11.9 Å². The van der Waals surface area contributed by atoms with Gasteiger partial charge < -0.3 is 19.8 Å². The van der Waals surface area contributed by atoms with Gasteiger partial charge >= 0.3 is 59.1 Å². The Morgan fingerprint density at radius 1 is 1.19 bits per heavy atom. The molecule has 1 fully saturated rings. The SMILES string of the molecule is O=C([O-])C1=CC2CCC1(C(=O)[O-])CC2.[Na+].[Na+]. The number of rotatable bonds is 2. The molecule has 0 aromatic heterocycles. The second kappa shape index (κ2) is 6.03. The first-order valence-electron chi connectivity index (χ1n) is 4.71. The van der Waals surface area contributed by atoms with E-state index in [2.05, 4.69) is 0 Å². The summed E-state index contributed by atoms with van der Waals surface area (Å²) in [5.41, 5.74) is -1.34. The van der Waals surface area contributed by atoms with Crippen molar-refractivity contribution < 1.29 is 78.9 Å². The molecule has 0 atom stereocenters. The minimum atomic E-state index is -1.36. The number of hydrogen-bond donors (Lipinski definition) is 0. The van der Waals surface area contributed by atoms with Gasteiger partial charge in [-0.15, -0.1) is 0 Å². The number of allylic oxidation sites excluding steroid dienone is 1. The number of carbonyl (C=O) groups is 2. The summed E-state index contributed by atoms with van der Waals surface area (Å²) in [7, 11) is 0. The van der Waals surface area contributed by atoms with Crippen molar-refractivity contribution in [1.82, 2.24) is 0 Å². The Morgan fingerprint density at radius 2 is 1.69 bits per heavy atom. The third kappa shape index (κ3) is 2.57. The minimum Gasteiger partial charge on any atom is -0.549 e. The molecule has 0 radical (unpaired) electrons. The van der Waals surface area contributed by atoms with E-state index in [9.17, 15) is 19.8 Å². The van der Waals surface area contributed by atoms with E-state index in [1.165, 1.54) is 6.08 Å². The van der Waals surface area contributed by atoms with Crippen LogP contribution in [0.1, 0.15) is 25.7 Å². The molecule has 76 valence electrons. The first-order chi connectivity index (χ1) is 6.56. The van der Waals surface area contributed by atoms with Crippen LogP contribution in [-0.2, 0) is 9.59 Å². The number of carboxylic acid groups (broad SMARTS) is 2. The fourth-order valence-electron chi connectivity index (χ4n) is 2.54. The maximum atomic E-state index is 11.0. The van der Waals surface area contributed by atoms with E-state index in [4.69, 9.17) is 0 Å². The number of aliphatic carboxylic acids is 2. The molecule has 0 saturated heterocycles. The molecule has 0 amide bonds. The average molecular weight is 240 g/mol. The van der Waals surface area contributed by atoms with Gasteiger partial charge in [0.15, 0.2) is 0 Å². The van der Waals surface area contributed by atoms with Crippen LogP contribution in [0.5, 0.6) is 0 Å². The summed E-state index contributed by atoms with van der Waals surface area (Å²) in [4.78, 5) is 21.8. The minimum absolute atomic E-state index is 0. The largest absolute Gasteiger partial charge is 1.00 e. The Morgan fingerprint density at radius 3 is 2.00 bits per heavy atom. The summed E-state index contributed by atoms with van der Waals surface area (Å²) in [5.74, 6) is -2.42. The molecule has 0 aromatic rings. The Hall–Kier alpha value is 0.680. The summed E-state index contributed by atoms with van der Waals surface area (Å²) in [6.07, 6.45) is 3.77. The monoisotopic (exact) mass is 240 g/mol. The number of carbonyl (C=O) groups excluding carboxylic acids is 2. The van der Waals surface area contributed by atoms with Gasteiger partial charge in [0, 0.05) is 5.41 Å². The Balaban J connectivity index is 0.00000112. The van der Waals surface area contributed by atoms with Crippen LogP contribution in [0.25, 0.3) is 0 Å². The molecule has 1 saturated carbocycles. The Bertz CT molecular complexity index is 330. The van der Waals surface area contributed by atoms with E-state index in [0.29, 0.717) is 12.8 Å². The third-order valence-electron chi connectivity index (χ3n) is 3.41. The predicted molar refractivity (Wildman–Crippen MR) is 42.5 cm³/mol. The molecule has 3 rings (SSSR count). The first kappa shape index (κ1) is 16.7. The molecular weight excluding hydrogens is 230 g/mol. The summed E-state index contributed by atoms with van der Waals surface area (Å²) in [5, 5.41) is 21.8. The average Bonchev–Trinajstić information content (AvgIpc) is 2.19. The fourth-order valence-corrected chi connectivity index (χ4v) is 2.54. The Labute approximate surface area is 138 Å². The van der Waals surface area contributed by atoms with Crippen LogP contribution < -0.4 is 69.3 Å². The first-order valence-corrected chi connectivity index (χ1v) is 4.71. The number of fused-ring (bicyclic) bond motifs is 2. The van der Waals surface area contributed by atoms with E-state index in [-0.39, 0.29) is 70.6 Å². The van der Waals surface area contributed by atoms with Crippen molar-refractivity contribution in [3.05, 3.63) is 11.6 Å². The third-order valence-corrected chi connectivity index (χ3v) is 3.41. The van der Waals surface area contributed by atoms with Crippen LogP contribution in [0.2, 0.25) is 0 Å². The molecular formula is C10H10Na2O4. The second-order valence-corrected chi connectivity index (χ2v) is 4.07. The molecule has 0 spiro atoms. The van der Waals surface area contributed by atoms with Gasteiger partial charge in [0.1, 0.15) is 0 Å². The van der Waals surface area contributed by atoms with Crippen molar-refractivity contribution in [2.75, 3.05) is 0 Å². The van der Waals surface area contributed by atoms with Gasteiger partial charge in [-0.25, -0.2) is 0 Å². The quantitative estimate of drug-likeness (QED) is 0.449. The van der Waals surface area contributed by atoms with Crippen molar-refractivity contribution in [3.63, 3.8) is 0 Å². The van der Waals surface area contributed by atoms with Crippen LogP contribution in [0.15, 0.2) is 11.6 Å². The predicted octanol–water partition coefficient (Wildman–Crippen LogP) is -7.39. The summed E-state index contributed by atoms with van der Waals surface area (Å²) in [6, 6.07) is 0. The summed E-state index contributed by atoms with van der Waals surface area (Å²) >= 11 is 0. The molecule has 2 bridgehead atoms. The number of carboxylic acids is 2. The molecule has 0 N–H and O–H groups in total. The van der Waals surface area contributed by atoms with Gasteiger partial charge in [0.25, 0.3) is 0 Å². The smallest absolute Gasteiger partial charge is 0.549 e. The van der Waals surface area contributed by atoms with E-state index in [1.54, 1.807) is 0 Å². The molecule has 0 aliphatic heterocycles. The summed E-state index contributed by atoms with van der Waals surface area (Å²) < 4.78 is 0. The standard InChI is InChI=1S/C10H12O4.2Na/c11-8(12)7-5-6-1-3-10(7,4-2-6)9(13)14;;/h5-6H,1-4H2,(H,11,12)(H,13,14);;/q;2*+1/p-2. The van der Waals surface area contributed by atoms with Crippen LogP contribution in [0.3, 0.4) is 0 Å². The van der Waals surface area contributed by atoms with Gasteiger partial charge in [-0.3, -0.25) is 0 Å². The normalized spacial score (nSPS) is 30.8. The maximum absolute atomic E-state index is 11.0. The molecule has 0 heterocycles.